The van der Waals surface area contributed by atoms with Crippen molar-refractivity contribution in [2.75, 3.05) is 0 Å². The quantitative estimate of drug-likeness (QED) is 0.324. The molecule has 0 atom stereocenters. The van der Waals surface area contributed by atoms with Crippen molar-refractivity contribution < 1.29 is 9.18 Å². The van der Waals surface area contributed by atoms with E-state index in [4.69, 9.17) is 5.10 Å². The summed E-state index contributed by atoms with van der Waals surface area (Å²) in [5, 5.41) is 14.8. The largest absolute Gasteiger partial charge is 0.293 e. The first-order chi connectivity index (χ1) is 19.2. The molecule has 0 spiro atoms. The maximum absolute atomic E-state index is 13.9. The fraction of sp³-hybridized carbons (Fsp3) is 0.129. The fourth-order valence-corrected chi connectivity index (χ4v) is 5.21. The van der Waals surface area contributed by atoms with Crippen LogP contribution in [0, 0.1) is 22.6 Å². The maximum atomic E-state index is 13.9. The SMILES string of the molecule is CC(C)(C)C(=O)/C(C#N)=c1/s/c(=C/c2cn(-c3ccccc3)nc2-c2cccnc2)c(=O)n1-c1ccc(F)cc1. The Balaban J connectivity index is 1.83. The summed E-state index contributed by atoms with van der Waals surface area (Å²) in [4.78, 5) is 31.3. The number of ketones is 1. The average Bonchev–Trinajstić information content (AvgIpc) is 3.51. The van der Waals surface area contributed by atoms with E-state index in [1.165, 1.54) is 28.8 Å². The number of halogens is 1. The smallest absolute Gasteiger partial charge is 0.273 e. The van der Waals surface area contributed by atoms with Crippen LogP contribution in [0.15, 0.2) is 90.1 Å². The highest BCUT2D eigenvalue weighted by Crippen LogP contribution is 2.24. The highest BCUT2D eigenvalue weighted by atomic mass is 32.1. The van der Waals surface area contributed by atoms with Gasteiger partial charge >= 0.3 is 0 Å². The number of para-hydroxylation sites is 1. The molecule has 3 aromatic heterocycles. The number of benzene rings is 2. The minimum atomic E-state index is -0.854. The van der Waals surface area contributed by atoms with Gasteiger partial charge in [0, 0.05) is 35.1 Å². The van der Waals surface area contributed by atoms with Crippen LogP contribution < -0.4 is 14.8 Å². The van der Waals surface area contributed by atoms with Crippen molar-refractivity contribution in [3.63, 3.8) is 0 Å². The molecule has 0 aliphatic heterocycles. The van der Waals surface area contributed by atoms with Gasteiger partial charge in [0.15, 0.2) is 5.78 Å². The molecule has 9 heteroatoms. The molecule has 2 aromatic carbocycles. The molecule has 3 heterocycles. The van der Waals surface area contributed by atoms with Crippen molar-refractivity contribution in [1.82, 2.24) is 19.3 Å². The predicted molar refractivity (Wildman–Crippen MR) is 153 cm³/mol. The summed E-state index contributed by atoms with van der Waals surface area (Å²) in [6.45, 7) is 5.14. The van der Waals surface area contributed by atoms with Crippen LogP contribution in [0.2, 0.25) is 0 Å². The lowest BCUT2D eigenvalue weighted by Crippen LogP contribution is -2.33. The van der Waals surface area contributed by atoms with Crippen molar-refractivity contribution >= 4 is 28.8 Å². The molecule has 0 aliphatic rings. The zero-order valence-corrected chi connectivity index (χ0v) is 22.8. The van der Waals surface area contributed by atoms with Gasteiger partial charge in [-0.25, -0.2) is 9.07 Å². The van der Waals surface area contributed by atoms with Gasteiger partial charge in [-0.1, -0.05) is 39.0 Å². The molecule has 0 unspecified atom stereocenters. The van der Waals surface area contributed by atoms with Crippen LogP contribution in [0.3, 0.4) is 0 Å². The Morgan fingerprint density at radius 3 is 2.38 bits per heavy atom. The number of pyridine rings is 1. The van der Waals surface area contributed by atoms with Gasteiger partial charge in [0.1, 0.15) is 27.8 Å². The number of Topliss-reactive ketones (excluding diaryl/α,β-unsaturated/α-hetero) is 1. The van der Waals surface area contributed by atoms with Crippen LogP contribution in [0.1, 0.15) is 26.3 Å². The van der Waals surface area contributed by atoms with Crippen molar-refractivity contribution in [1.29, 1.82) is 5.26 Å². The number of hydrogen-bond donors (Lipinski definition) is 0. The van der Waals surface area contributed by atoms with Crippen LogP contribution >= 0.6 is 11.3 Å². The Morgan fingerprint density at radius 2 is 1.75 bits per heavy atom. The van der Waals surface area contributed by atoms with Crippen LogP contribution in [-0.4, -0.2) is 25.1 Å². The monoisotopic (exact) mass is 549 g/mol. The third-order valence-electron chi connectivity index (χ3n) is 6.13. The second-order valence-corrected chi connectivity index (χ2v) is 11.1. The van der Waals surface area contributed by atoms with Crippen LogP contribution in [0.5, 0.6) is 0 Å². The Bertz CT molecular complexity index is 1930. The maximum Gasteiger partial charge on any atom is 0.273 e. The van der Waals surface area contributed by atoms with Gasteiger partial charge < -0.3 is 0 Å². The second-order valence-electron chi connectivity index (χ2n) is 10.1. The Morgan fingerprint density at radius 1 is 1.02 bits per heavy atom. The standard InChI is InChI=1S/C31H24FN5O2S/c1-31(2,3)28(38)25(17-33)30-37(24-13-11-22(32)12-14-24)29(39)26(40-30)16-21-19-36(23-9-5-4-6-10-23)35-27(21)20-8-7-15-34-18-20/h4-16,18-19H,1-3H3/b26-16+,30-25+. The molecule has 0 N–H and O–H groups in total. The van der Waals surface area contributed by atoms with E-state index in [0.29, 0.717) is 16.9 Å². The third kappa shape index (κ3) is 5.17. The van der Waals surface area contributed by atoms with Crippen LogP contribution in [0.25, 0.3) is 34.3 Å². The summed E-state index contributed by atoms with van der Waals surface area (Å²) in [7, 11) is 0. The Kier molecular flexibility index (Phi) is 7.11. The van der Waals surface area contributed by atoms with Gasteiger partial charge in [-0.2, -0.15) is 10.4 Å². The lowest BCUT2D eigenvalue weighted by molar-refractivity contribution is -0.120. The zero-order valence-electron chi connectivity index (χ0n) is 22.0. The topological polar surface area (TPSA) is 93.6 Å². The van der Waals surface area contributed by atoms with E-state index < -0.39 is 22.6 Å². The van der Waals surface area contributed by atoms with E-state index in [-0.39, 0.29) is 14.8 Å². The Labute approximate surface area is 233 Å². The van der Waals surface area contributed by atoms with E-state index in [0.717, 1.165) is 22.6 Å². The second kappa shape index (κ2) is 10.7. The van der Waals surface area contributed by atoms with Crippen molar-refractivity contribution in [3.8, 4) is 28.7 Å². The molecule has 0 saturated carbocycles. The van der Waals surface area contributed by atoms with Gasteiger partial charge in [-0.05, 0) is 54.6 Å². The first kappa shape index (κ1) is 26.7. The van der Waals surface area contributed by atoms with Gasteiger partial charge in [0.05, 0.1) is 15.9 Å². The van der Waals surface area contributed by atoms with Gasteiger partial charge in [0.25, 0.3) is 5.56 Å². The summed E-state index contributed by atoms with van der Waals surface area (Å²) < 4.78 is 17.2. The summed E-state index contributed by atoms with van der Waals surface area (Å²) in [6.07, 6.45) is 6.87. The van der Waals surface area contributed by atoms with E-state index in [1.54, 1.807) is 50.0 Å². The molecular weight excluding hydrogens is 525 g/mol. The van der Waals surface area contributed by atoms with E-state index in [9.17, 15) is 19.2 Å². The molecule has 0 saturated heterocycles. The number of hydrogen-bond acceptors (Lipinski definition) is 6. The molecule has 0 aliphatic carbocycles. The van der Waals surface area contributed by atoms with E-state index in [1.807, 2.05) is 48.7 Å². The summed E-state index contributed by atoms with van der Waals surface area (Å²) in [5.74, 6) is -0.864. The van der Waals surface area contributed by atoms with E-state index >= 15 is 0 Å². The van der Waals surface area contributed by atoms with Crippen molar-refractivity contribution in [2.24, 2.45) is 5.41 Å². The molecule has 198 valence electrons. The molecule has 7 nitrogen and oxygen atoms in total. The number of aromatic nitrogens is 4. The number of rotatable bonds is 5. The highest BCUT2D eigenvalue weighted by molar-refractivity contribution is 7.07. The van der Waals surface area contributed by atoms with Crippen LogP contribution in [0.4, 0.5) is 4.39 Å². The summed E-state index contributed by atoms with van der Waals surface area (Å²) in [6, 6.07) is 20.6. The average molecular weight is 550 g/mol. The molecule has 40 heavy (non-hydrogen) atoms. The van der Waals surface area contributed by atoms with Crippen molar-refractivity contribution in [3.05, 3.63) is 116 Å². The lowest BCUT2D eigenvalue weighted by Gasteiger charge is -2.15. The number of nitrogens with zero attached hydrogens (tertiary/aromatic N) is 5. The molecular formula is C31H24FN5O2S. The molecule has 5 aromatic rings. The molecule has 0 amide bonds. The van der Waals surface area contributed by atoms with Crippen LogP contribution in [-0.2, 0) is 4.79 Å². The number of thiazole rings is 1. The van der Waals surface area contributed by atoms with Gasteiger partial charge in [0.2, 0.25) is 0 Å². The third-order valence-corrected chi connectivity index (χ3v) is 7.22. The number of nitriles is 1. The lowest BCUT2D eigenvalue weighted by atomic mass is 9.87. The molecule has 5 rings (SSSR count). The highest BCUT2D eigenvalue weighted by Gasteiger charge is 2.27. The van der Waals surface area contributed by atoms with E-state index in [2.05, 4.69) is 4.98 Å². The first-order valence-corrected chi connectivity index (χ1v) is 13.2. The Hall–Kier alpha value is -4.94. The molecule has 0 fully saturated rings. The predicted octanol–water partition coefficient (Wildman–Crippen LogP) is 4.40. The molecule has 0 radical (unpaired) electrons. The molecule has 0 bridgehead atoms. The number of carbonyl (C=O) groups is 1. The van der Waals surface area contributed by atoms with Gasteiger partial charge in [-0.15, -0.1) is 11.3 Å². The minimum Gasteiger partial charge on any atom is -0.293 e. The zero-order chi connectivity index (χ0) is 28.4. The normalized spacial score (nSPS) is 12.7. The summed E-state index contributed by atoms with van der Waals surface area (Å²) >= 11 is 1.03. The van der Waals surface area contributed by atoms with Crippen molar-refractivity contribution in [2.45, 2.75) is 20.8 Å². The fourth-order valence-electron chi connectivity index (χ4n) is 4.12. The first-order valence-electron chi connectivity index (χ1n) is 12.4. The summed E-state index contributed by atoms with van der Waals surface area (Å²) in [5.41, 5.74) is 1.76. The van der Waals surface area contributed by atoms with Gasteiger partial charge in [-0.3, -0.25) is 19.1 Å². The minimum absolute atomic E-state index is 0.133. The number of carbonyl (C=O) groups excluding carboxylic acids is 1.